The van der Waals surface area contributed by atoms with Crippen molar-refractivity contribution >= 4 is 28.1 Å². The van der Waals surface area contributed by atoms with E-state index in [1.807, 2.05) is 36.6 Å². The molecule has 4 rings (SSSR count). The van der Waals surface area contributed by atoms with Crippen molar-refractivity contribution in [2.75, 3.05) is 11.1 Å². The molecule has 3 aromatic rings. The minimum atomic E-state index is 0.0499. The van der Waals surface area contributed by atoms with Crippen LogP contribution in [0.1, 0.15) is 49.0 Å². The van der Waals surface area contributed by atoms with Crippen molar-refractivity contribution < 1.29 is 0 Å². The fourth-order valence-electron chi connectivity index (χ4n) is 3.67. The summed E-state index contributed by atoms with van der Waals surface area (Å²) in [5.41, 5.74) is 8.39. The second-order valence-electron chi connectivity index (χ2n) is 7.45. The number of hydrogen-bond donors (Lipinski definition) is 3. The minimum absolute atomic E-state index is 0.0499. The molecule has 0 spiro atoms. The van der Waals surface area contributed by atoms with Crippen LogP contribution in [0.4, 0.5) is 11.6 Å². The molecule has 2 heterocycles. The van der Waals surface area contributed by atoms with E-state index < -0.39 is 0 Å². The molecule has 4 N–H and O–H groups in total. The van der Waals surface area contributed by atoms with E-state index in [-0.39, 0.29) is 23.1 Å². The van der Waals surface area contributed by atoms with Gasteiger partial charge in [-0.2, -0.15) is 0 Å². The van der Waals surface area contributed by atoms with Crippen molar-refractivity contribution in [1.82, 2.24) is 14.5 Å². The number of rotatable bonds is 5. The first kappa shape index (κ1) is 19.6. The lowest BCUT2D eigenvalue weighted by atomic mass is 10.1. The van der Waals surface area contributed by atoms with Crippen LogP contribution in [0.2, 0.25) is 0 Å². The molecule has 0 atom stereocenters. The van der Waals surface area contributed by atoms with Crippen LogP contribution < -0.4 is 16.6 Å². The monoisotopic (exact) mass is 400 g/mol. The number of pyridine rings is 1. The normalized spacial score (nSPS) is 13.0. The second kappa shape index (κ2) is 7.99. The molecule has 7 nitrogen and oxygen atoms in total. The lowest BCUT2D eigenvalue weighted by molar-refractivity contribution is 0.672. The predicted molar refractivity (Wildman–Crippen MR) is 120 cm³/mol. The van der Waals surface area contributed by atoms with Crippen LogP contribution in [-0.2, 0) is 6.54 Å². The Morgan fingerprint density at radius 2 is 2.17 bits per heavy atom. The Morgan fingerprint density at radius 1 is 1.37 bits per heavy atom. The van der Waals surface area contributed by atoms with E-state index in [9.17, 15) is 4.79 Å². The van der Waals surface area contributed by atoms with Crippen LogP contribution in [-0.4, -0.2) is 20.2 Å². The Labute approximate surface area is 174 Å². The zero-order valence-electron chi connectivity index (χ0n) is 17.1. The Balaban J connectivity index is 1.73. The van der Waals surface area contributed by atoms with Crippen molar-refractivity contribution in [2.24, 2.45) is 0 Å². The number of hydrogen-bond acceptors (Lipinski definition) is 6. The third-order valence-electron chi connectivity index (χ3n) is 5.23. The number of aromatic nitrogens is 3. The SMILES string of the molecule is CCC#CC(=N)c1c(N)ncnc1NCc1cc2cccc(C)c2c(=O)n1C1CC1. The summed E-state index contributed by atoms with van der Waals surface area (Å²) in [7, 11) is 0. The molecule has 1 aliphatic carbocycles. The maximum Gasteiger partial charge on any atom is 0.259 e. The van der Waals surface area contributed by atoms with Gasteiger partial charge >= 0.3 is 0 Å². The summed E-state index contributed by atoms with van der Waals surface area (Å²) in [6, 6.07) is 8.20. The molecule has 152 valence electrons. The van der Waals surface area contributed by atoms with Gasteiger partial charge in [0.2, 0.25) is 0 Å². The van der Waals surface area contributed by atoms with Gasteiger partial charge in [-0.25, -0.2) is 9.97 Å². The van der Waals surface area contributed by atoms with E-state index in [0.29, 0.717) is 24.3 Å². The summed E-state index contributed by atoms with van der Waals surface area (Å²) in [5.74, 6) is 6.31. The topological polar surface area (TPSA) is 110 Å². The molecule has 2 aromatic heterocycles. The Bertz CT molecular complexity index is 1260. The Morgan fingerprint density at radius 3 is 2.90 bits per heavy atom. The fourth-order valence-corrected chi connectivity index (χ4v) is 3.67. The highest BCUT2D eigenvalue weighted by atomic mass is 16.1. The second-order valence-corrected chi connectivity index (χ2v) is 7.45. The average Bonchev–Trinajstić information content (AvgIpc) is 3.55. The number of fused-ring (bicyclic) bond motifs is 1. The minimum Gasteiger partial charge on any atom is -0.383 e. The van der Waals surface area contributed by atoms with Crippen LogP contribution in [0.25, 0.3) is 10.8 Å². The molecule has 0 unspecified atom stereocenters. The van der Waals surface area contributed by atoms with Crippen LogP contribution in [0.15, 0.2) is 35.4 Å². The fraction of sp³-hybridized carbons (Fsp3) is 0.304. The maximum absolute atomic E-state index is 13.2. The molecule has 1 aromatic carbocycles. The third kappa shape index (κ3) is 3.64. The number of benzene rings is 1. The van der Waals surface area contributed by atoms with Crippen molar-refractivity contribution in [3.63, 3.8) is 0 Å². The van der Waals surface area contributed by atoms with E-state index in [1.165, 1.54) is 6.33 Å². The molecule has 1 aliphatic rings. The van der Waals surface area contributed by atoms with Crippen LogP contribution in [0, 0.1) is 24.2 Å². The third-order valence-corrected chi connectivity index (χ3v) is 5.23. The van der Waals surface area contributed by atoms with Crippen LogP contribution >= 0.6 is 0 Å². The smallest absolute Gasteiger partial charge is 0.259 e. The van der Waals surface area contributed by atoms with Gasteiger partial charge < -0.3 is 15.6 Å². The van der Waals surface area contributed by atoms with Crippen LogP contribution in [0.5, 0.6) is 0 Å². The molecule has 7 heteroatoms. The summed E-state index contributed by atoms with van der Waals surface area (Å²) in [5, 5.41) is 13.2. The number of anilines is 2. The van der Waals surface area contributed by atoms with Crippen molar-refractivity contribution in [2.45, 2.75) is 45.7 Å². The molecule has 1 fully saturated rings. The molecule has 0 bridgehead atoms. The Kier molecular flexibility index (Phi) is 5.23. The van der Waals surface area contributed by atoms with Gasteiger partial charge in [0.1, 0.15) is 23.7 Å². The number of nitrogens with one attached hydrogen (secondary N) is 2. The lowest BCUT2D eigenvalue weighted by Crippen LogP contribution is -2.25. The van der Waals surface area contributed by atoms with Crippen molar-refractivity contribution in [3.8, 4) is 11.8 Å². The summed E-state index contributed by atoms with van der Waals surface area (Å²) >= 11 is 0. The first-order valence-electron chi connectivity index (χ1n) is 10.1. The summed E-state index contributed by atoms with van der Waals surface area (Å²) in [4.78, 5) is 21.5. The van der Waals surface area contributed by atoms with Gasteiger partial charge in [0.05, 0.1) is 17.5 Å². The number of aryl methyl sites for hydroxylation is 1. The number of nitrogens with two attached hydrogens (primary N) is 1. The van der Waals surface area contributed by atoms with Crippen LogP contribution in [0.3, 0.4) is 0 Å². The lowest BCUT2D eigenvalue weighted by Gasteiger charge is -2.17. The van der Waals surface area contributed by atoms with Gasteiger partial charge in [-0.3, -0.25) is 10.2 Å². The zero-order valence-corrected chi connectivity index (χ0v) is 17.1. The molecule has 0 amide bonds. The van der Waals surface area contributed by atoms with E-state index in [2.05, 4.69) is 33.2 Å². The van der Waals surface area contributed by atoms with Gasteiger partial charge in [-0.1, -0.05) is 31.0 Å². The van der Waals surface area contributed by atoms with Crippen molar-refractivity contribution in [1.29, 1.82) is 5.41 Å². The van der Waals surface area contributed by atoms with Gasteiger partial charge in [0, 0.05) is 18.2 Å². The zero-order chi connectivity index (χ0) is 21.3. The molecular formula is C23H24N6O. The quantitative estimate of drug-likeness (QED) is 0.449. The standard InChI is InChI=1S/C23H24N6O/c1-3-4-8-18(24)20-21(25)27-13-28-22(20)26-12-17-11-15-7-5-6-14(2)19(15)23(30)29(17)16-9-10-16/h5-7,11,13,16,24H,3,9-10,12H2,1-2H3,(H3,25,26,27,28). The largest absolute Gasteiger partial charge is 0.383 e. The highest BCUT2D eigenvalue weighted by Gasteiger charge is 2.28. The molecule has 0 radical (unpaired) electrons. The van der Waals surface area contributed by atoms with E-state index in [0.717, 1.165) is 34.9 Å². The number of nitrogens with zero attached hydrogens (tertiary/aromatic N) is 3. The van der Waals surface area contributed by atoms with Gasteiger partial charge in [-0.15, -0.1) is 0 Å². The summed E-state index contributed by atoms with van der Waals surface area (Å²) in [6.45, 7) is 4.27. The number of nitrogen functional groups attached to an aromatic ring is 1. The van der Waals surface area contributed by atoms with E-state index in [4.69, 9.17) is 11.1 Å². The van der Waals surface area contributed by atoms with E-state index >= 15 is 0 Å². The van der Waals surface area contributed by atoms with Crippen molar-refractivity contribution in [3.05, 3.63) is 57.8 Å². The predicted octanol–water partition coefficient (Wildman–Crippen LogP) is 3.41. The van der Waals surface area contributed by atoms with E-state index in [1.54, 1.807) is 0 Å². The molecular weight excluding hydrogens is 376 g/mol. The molecule has 0 aliphatic heterocycles. The average molecular weight is 400 g/mol. The van der Waals surface area contributed by atoms with Gasteiger partial charge in [-0.05, 0) is 42.7 Å². The molecule has 1 saturated carbocycles. The highest BCUT2D eigenvalue weighted by molar-refractivity contribution is 6.16. The maximum atomic E-state index is 13.2. The van der Waals surface area contributed by atoms with Gasteiger partial charge in [0.25, 0.3) is 5.56 Å². The summed E-state index contributed by atoms with van der Waals surface area (Å²) < 4.78 is 1.90. The molecule has 30 heavy (non-hydrogen) atoms. The first-order valence-corrected chi connectivity index (χ1v) is 10.1. The Hall–Kier alpha value is -3.66. The van der Waals surface area contributed by atoms with Gasteiger partial charge in [0.15, 0.2) is 0 Å². The summed E-state index contributed by atoms with van der Waals surface area (Å²) in [6.07, 6.45) is 4.02. The first-order chi connectivity index (χ1) is 14.5. The molecule has 0 saturated heterocycles. The highest BCUT2D eigenvalue weighted by Crippen LogP contribution is 2.35.